The topological polar surface area (TPSA) is 42.0 Å². The first-order chi connectivity index (χ1) is 10.2. The van der Waals surface area contributed by atoms with Crippen LogP contribution in [0, 0.1) is 12.8 Å². The number of thiazole rings is 1. The number of nitrogens with one attached hydrogen (secondary N) is 1. The van der Waals surface area contributed by atoms with Crippen molar-refractivity contribution in [1.82, 2.24) is 10.3 Å². The lowest BCUT2D eigenvalue weighted by Crippen LogP contribution is -2.29. The minimum Gasteiger partial charge on any atom is -0.351 e. The van der Waals surface area contributed by atoms with Gasteiger partial charge in [-0.3, -0.25) is 4.79 Å². The first-order valence-corrected chi connectivity index (χ1v) is 8.26. The summed E-state index contributed by atoms with van der Waals surface area (Å²) in [4.78, 5) is 17.8. The van der Waals surface area contributed by atoms with E-state index in [0.29, 0.717) is 6.54 Å². The lowest BCUT2D eigenvalue weighted by molar-refractivity contribution is -0.125. The number of aromatic nitrogens is 1. The summed E-state index contributed by atoms with van der Waals surface area (Å²) in [6.45, 7) is 6.69. The van der Waals surface area contributed by atoms with Crippen LogP contribution in [0.3, 0.4) is 0 Å². The highest BCUT2D eigenvalue weighted by Gasteiger charge is 2.15. The van der Waals surface area contributed by atoms with Crippen molar-refractivity contribution in [3.8, 4) is 10.6 Å². The maximum atomic E-state index is 12.0. The quantitative estimate of drug-likeness (QED) is 0.870. The van der Waals surface area contributed by atoms with Gasteiger partial charge < -0.3 is 5.32 Å². The average Bonchev–Trinajstić information content (AvgIpc) is 2.88. The number of nitrogens with zero attached hydrogens (tertiary/aromatic N) is 1. The summed E-state index contributed by atoms with van der Waals surface area (Å²) < 4.78 is 0. The minimum absolute atomic E-state index is 0.117. The number of carbonyl (C=O) groups is 1. The van der Waals surface area contributed by atoms with Crippen LogP contribution in [0.25, 0.3) is 10.6 Å². The van der Waals surface area contributed by atoms with Crippen molar-refractivity contribution in [2.24, 2.45) is 5.92 Å². The summed E-state index contributed by atoms with van der Waals surface area (Å²) in [5.74, 6) is 0.265. The molecule has 0 atom stereocenters. The van der Waals surface area contributed by atoms with Gasteiger partial charge in [-0.05, 0) is 19.8 Å². The van der Waals surface area contributed by atoms with Gasteiger partial charge in [0.1, 0.15) is 5.01 Å². The molecule has 1 N–H and O–H groups in total. The Hall–Kier alpha value is -1.68. The second kappa shape index (κ2) is 7.36. The van der Waals surface area contributed by atoms with E-state index in [9.17, 15) is 4.79 Å². The van der Waals surface area contributed by atoms with Crippen molar-refractivity contribution in [2.75, 3.05) is 0 Å². The molecule has 0 fully saturated rings. The van der Waals surface area contributed by atoms with E-state index in [4.69, 9.17) is 0 Å². The smallest absolute Gasteiger partial charge is 0.223 e. The molecule has 0 saturated heterocycles. The number of hydrogen-bond donors (Lipinski definition) is 1. The molecule has 1 aromatic carbocycles. The van der Waals surface area contributed by atoms with E-state index >= 15 is 0 Å². The molecular formula is C17H22N2OS. The maximum Gasteiger partial charge on any atom is 0.223 e. The van der Waals surface area contributed by atoms with Crippen LogP contribution in [0.2, 0.25) is 0 Å². The average molecular weight is 302 g/mol. The summed E-state index contributed by atoms with van der Waals surface area (Å²) in [6.07, 6.45) is 1.78. The Bertz CT molecular complexity index is 588. The molecule has 0 aliphatic carbocycles. The standard InChI is InChI=1S/C17H22N2OS/c1-4-13(5-2)16(20)18-11-15-12(3)19-17(21-15)14-9-7-6-8-10-14/h6-10,13H,4-5,11H2,1-3H3,(H,18,20). The third kappa shape index (κ3) is 3.91. The molecule has 0 spiro atoms. The SMILES string of the molecule is CCC(CC)C(=O)NCc1sc(-c2ccccc2)nc1C. The van der Waals surface area contributed by atoms with Gasteiger partial charge in [-0.1, -0.05) is 44.2 Å². The molecule has 1 amide bonds. The molecule has 112 valence electrons. The van der Waals surface area contributed by atoms with Crippen LogP contribution in [0.5, 0.6) is 0 Å². The Kier molecular flexibility index (Phi) is 5.51. The van der Waals surface area contributed by atoms with Crippen LogP contribution in [0.15, 0.2) is 30.3 Å². The van der Waals surface area contributed by atoms with Gasteiger partial charge in [-0.2, -0.15) is 0 Å². The van der Waals surface area contributed by atoms with E-state index < -0.39 is 0 Å². The normalized spacial score (nSPS) is 10.9. The van der Waals surface area contributed by atoms with Crippen molar-refractivity contribution in [3.63, 3.8) is 0 Å². The Morgan fingerprint density at radius 2 is 1.90 bits per heavy atom. The summed E-state index contributed by atoms with van der Waals surface area (Å²) in [6, 6.07) is 10.2. The molecule has 0 unspecified atom stereocenters. The molecule has 3 nitrogen and oxygen atoms in total. The largest absolute Gasteiger partial charge is 0.351 e. The highest BCUT2D eigenvalue weighted by molar-refractivity contribution is 7.15. The molecule has 2 rings (SSSR count). The Morgan fingerprint density at radius 3 is 2.52 bits per heavy atom. The summed E-state index contributed by atoms with van der Waals surface area (Å²) in [5.41, 5.74) is 2.13. The fourth-order valence-electron chi connectivity index (χ4n) is 2.27. The van der Waals surface area contributed by atoms with E-state index in [2.05, 4.69) is 36.3 Å². The van der Waals surface area contributed by atoms with Crippen molar-refractivity contribution < 1.29 is 4.79 Å². The Morgan fingerprint density at radius 1 is 1.24 bits per heavy atom. The fourth-order valence-corrected chi connectivity index (χ4v) is 3.28. The van der Waals surface area contributed by atoms with Crippen LogP contribution in [0.4, 0.5) is 0 Å². The zero-order chi connectivity index (χ0) is 15.2. The monoisotopic (exact) mass is 302 g/mol. The Labute approximate surface area is 130 Å². The molecule has 0 bridgehead atoms. The first-order valence-electron chi connectivity index (χ1n) is 7.45. The van der Waals surface area contributed by atoms with Crippen LogP contribution in [-0.2, 0) is 11.3 Å². The second-order valence-corrected chi connectivity index (χ2v) is 6.21. The highest BCUT2D eigenvalue weighted by Crippen LogP contribution is 2.27. The number of rotatable bonds is 6. The first kappa shape index (κ1) is 15.7. The molecule has 4 heteroatoms. The third-order valence-electron chi connectivity index (χ3n) is 3.69. The zero-order valence-electron chi connectivity index (χ0n) is 12.8. The van der Waals surface area contributed by atoms with E-state index in [-0.39, 0.29) is 11.8 Å². The molecule has 0 saturated carbocycles. The maximum absolute atomic E-state index is 12.0. The summed E-state index contributed by atoms with van der Waals surface area (Å²) >= 11 is 1.66. The second-order valence-electron chi connectivity index (χ2n) is 5.12. The van der Waals surface area contributed by atoms with Crippen molar-refractivity contribution in [1.29, 1.82) is 0 Å². The van der Waals surface area contributed by atoms with Crippen LogP contribution >= 0.6 is 11.3 Å². The lowest BCUT2D eigenvalue weighted by atomic mass is 10.0. The van der Waals surface area contributed by atoms with Gasteiger partial charge in [-0.15, -0.1) is 11.3 Å². The molecule has 1 aromatic heterocycles. The predicted octanol–water partition coefficient (Wildman–Crippen LogP) is 4.17. The highest BCUT2D eigenvalue weighted by atomic mass is 32.1. The van der Waals surface area contributed by atoms with E-state index in [1.165, 1.54) is 0 Å². The molecule has 0 aliphatic rings. The van der Waals surface area contributed by atoms with Gasteiger partial charge in [0.2, 0.25) is 5.91 Å². The molecule has 0 radical (unpaired) electrons. The van der Waals surface area contributed by atoms with E-state index in [0.717, 1.165) is 34.0 Å². The van der Waals surface area contributed by atoms with Gasteiger partial charge in [-0.25, -0.2) is 4.98 Å². The van der Waals surface area contributed by atoms with Gasteiger partial charge in [0.05, 0.1) is 12.2 Å². The fraction of sp³-hybridized carbons (Fsp3) is 0.412. The molecule has 1 heterocycles. The van der Waals surface area contributed by atoms with Crippen LogP contribution in [-0.4, -0.2) is 10.9 Å². The van der Waals surface area contributed by atoms with Gasteiger partial charge in [0.25, 0.3) is 0 Å². The number of hydrogen-bond acceptors (Lipinski definition) is 3. The van der Waals surface area contributed by atoms with Crippen molar-refractivity contribution in [3.05, 3.63) is 40.9 Å². The van der Waals surface area contributed by atoms with E-state index in [1.54, 1.807) is 11.3 Å². The molecule has 2 aromatic rings. The number of amides is 1. The van der Waals surface area contributed by atoms with Crippen molar-refractivity contribution in [2.45, 2.75) is 40.2 Å². The number of carbonyl (C=O) groups excluding carboxylic acids is 1. The summed E-state index contributed by atoms with van der Waals surface area (Å²) in [7, 11) is 0. The van der Waals surface area contributed by atoms with E-state index in [1.807, 2.05) is 25.1 Å². The number of aryl methyl sites for hydroxylation is 1. The molecule has 0 aliphatic heterocycles. The Balaban J connectivity index is 2.05. The zero-order valence-corrected chi connectivity index (χ0v) is 13.7. The molecule has 21 heavy (non-hydrogen) atoms. The minimum atomic E-state index is 0.117. The van der Waals surface area contributed by atoms with Gasteiger partial charge in [0.15, 0.2) is 0 Å². The van der Waals surface area contributed by atoms with Crippen LogP contribution in [0.1, 0.15) is 37.3 Å². The number of benzene rings is 1. The van der Waals surface area contributed by atoms with Gasteiger partial charge in [0, 0.05) is 16.4 Å². The third-order valence-corrected chi connectivity index (χ3v) is 4.90. The van der Waals surface area contributed by atoms with Crippen molar-refractivity contribution >= 4 is 17.2 Å². The summed E-state index contributed by atoms with van der Waals surface area (Å²) in [5, 5.41) is 4.05. The molecular weight excluding hydrogens is 280 g/mol. The van der Waals surface area contributed by atoms with Gasteiger partial charge >= 0.3 is 0 Å². The predicted molar refractivity (Wildman–Crippen MR) is 88.2 cm³/mol. The lowest BCUT2D eigenvalue weighted by Gasteiger charge is -2.12. The van der Waals surface area contributed by atoms with Crippen LogP contribution < -0.4 is 5.32 Å².